The molecule has 0 saturated carbocycles. The third-order valence-electron chi connectivity index (χ3n) is 3.05. The van der Waals surface area contributed by atoms with Crippen LogP contribution in [-0.4, -0.2) is 23.3 Å². The maximum absolute atomic E-state index is 10.3. The van der Waals surface area contributed by atoms with Gasteiger partial charge in [-0.3, -0.25) is 4.79 Å². The molecule has 0 aromatic rings. The predicted octanol–water partition coefficient (Wildman–Crippen LogP) is 3.54. The Labute approximate surface area is 104 Å². The van der Waals surface area contributed by atoms with Crippen molar-refractivity contribution in [1.82, 2.24) is 0 Å². The summed E-state index contributed by atoms with van der Waals surface area (Å²) in [6.07, 6.45) is 13.0. The van der Waals surface area contributed by atoms with Crippen molar-refractivity contribution in [3.8, 4) is 0 Å². The molecule has 1 saturated heterocycles. The second-order valence-electron chi connectivity index (χ2n) is 4.70. The predicted molar refractivity (Wildman–Crippen MR) is 68.0 cm³/mol. The van der Waals surface area contributed by atoms with Crippen LogP contribution in [-0.2, 0) is 9.53 Å². The Balaban J connectivity index is 1.91. The minimum atomic E-state index is -0.699. The molecule has 0 spiro atoms. The Morgan fingerprint density at radius 1 is 1.29 bits per heavy atom. The summed E-state index contributed by atoms with van der Waals surface area (Å²) in [4.78, 5) is 10.3. The van der Waals surface area contributed by atoms with Gasteiger partial charge in [-0.25, -0.2) is 0 Å². The number of hydrogen-bond donors (Lipinski definition) is 1. The van der Waals surface area contributed by atoms with Gasteiger partial charge in [-0.2, -0.15) is 0 Å². The lowest BCUT2D eigenvalue weighted by Gasteiger charge is -1.93. The van der Waals surface area contributed by atoms with Crippen molar-refractivity contribution in [1.29, 1.82) is 0 Å². The lowest BCUT2D eigenvalue weighted by Crippen LogP contribution is -1.93. The molecule has 0 aromatic carbocycles. The van der Waals surface area contributed by atoms with Gasteiger partial charge in [0.2, 0.25) is 0 Å². The molecule has 0 bridgehead atoms. The summed E-state index contributed by atoms with van der Waals surface area (Å²) in [5, 5.41) is 8.47. The van der Waals surface area contributed by atoms with Gasteiger partial charge in [-0.05, 0) is 25.7 Å². The SMILES string of the molecule is CCCCCC1OC1C=CCCCCC(=O)O. The molecule has 0 amide bonds. The van der Waals surface area contributed by atoms with E-state index in [0.29, 0.717) is 12.2 Å². The van der Waals surface area contributed by atoms with Crippen LogP contribution in [0.2, 0.25) is 0 Å². The van der Waals surface area contributed by atoms with Crippen molar-refractivity contribution in [3.63, 3.8) is 0 Å². The molecule has 0 aliphatic carbocycles. The largest absolute Gasteiger partial charge is 0.481 e. The number of carboxylic acid groups (broad SMARTS) is 1. The number of carbonyl (C=O) groups is 1. The summed E-state index contributed by atoms with van der Waals surface area (Å²) in [5.41, 5.74) is 0. The molecule has 98 valence electrons. The van der Waals surface area contributed by atoms with E-state index in [-0.39, 0.29) is 6.42 Å². The van der Waals surface area contributed by atoms with E-state index in [1.165, 1.54) is 25.7 Å². The lowest BCUT2D eigenvalue weighted by molar-refractivity contribution is -0.137. The molecular formula is C14H24O3. The second kappa shape index (κ2) is 8.29. The van der Waals surface area contributed by atoms with Crippen LogP contribution in [0.4, 0.5) is 0 Å². The van der Waals surface area contributed by atoms with Gasteiger partial charge in [0.05, 0.1) is 6.10 Å². The normalized spacial score (nSPS) is 23.1. The van der Waals surface area contributed by atoms with Crippen LogP contribution < -0.4 is 0 Å². The average molecular weight is 240 g/mol. The van der Waals surface area contributed by atoms with Gasteiger partial charge in [-0.1, -0.05) is 38.3 Å². The maximum Gasteiger partial charge on any atom is 0.303 e. The zero-order chi connectivity index (χ0) is 12.5. The molecule has 2 unspecified atom stereocenters. The first kappa shape index (κ1) is 14.2. The van der Waals surface area contributed by atoms with E-state index in [1.807, 2.05) is 0 Å². The first-order chi connectivity index (χ1) is 8.24. The highest BCUT2D eigenvalue weighted by atomic mass is 16.6. The van der Waals surface area contributed by atoms with Crippen molar-refractivity contribution in [3.05, 3.63) is 12.2 Å². The smallest absolute Gasteiger partial charge is 0.303 e. The molecule has 1 aliphatic heterocycles. The van der Waals surface area contributed by atoms with E-state index in [9.17, 15) is 4.79 Å². The van der Waals surface area contributed by atoms with Crippen LogP contribution in [0.1, 0.15) is 58.3 Å². The first-order valence-corrected chi connectivity index (χ1v) is 6.78. The first-order valence-electron chi connectivity index (χ1n) is 6.78. The molecule has 1 heterocycles. The van der Waals surface area contributed by atoms with Crippen LogP contribution >= 0.6 is 0 Å². The Morgan fingerprint density at radius 2 is 2.12 bits per heavy atom. The summed E-state index contributed by atoms with van der Waals surface area (Å²) in [6.45, 7) is 2.21. The third kappa shape index (κ3) is 7.16. The van der Waals surface area contributed by atoms with Crippen LogP contribution in [0.15, 0.2) is 12.2 Å². The topological polar surface area (TPSA) is 49.8 Å². The van der Waals surface area contributed by atoms with Crippen molar-refractivity contribution in [2.75, 3.05) is 0 Å². The fourth-order valence-corrected chi connectivity index (χ4v) is 1.92. The third-order valence-corrected chi connectivity index (χ3v) is 3.05. The van der Waals surface area contributed by atoms with Gasteiger partial charge in [-0.15, -0.1) is 0 Å². The van der Waals surface area contributed by atoms with Gasteiger partial charge in [0.25, 0.3) is 0 Å². The van der Waals surface area contributed by atoms with Crippen molar-refractivity contribution < 1.29 is 14.6 Å². The van der Waals surface area contributed by atoms with Crippen molar-refractivity contribution >= 4 is 5.97 Å². The number of ether oxygens (including phenoxy) is 1. The molecule has 1 aliphatic rings. The van der Waals surface area contributed by atoms with Gasteiger partial charge >= 0.3 is 5.97 Å². The summed E-state index contributed by atoms with van der Waals surface area (Å²) in [6, 6.07) is 0. The molecule has 0 radical (unpaired) electrons. The number of unbranched alkanes of at least 4 members (excludes halogenated alkanes) is 4. The summed E-state index contributed by atoms with van der Waals surface area (Å²) in [5.74, 6) is -0.699. The Kier molecular flexibility index (Phi) is 6.94. The average Bonchev–Trinajstić information content (AvgIpc) is 3.02. The minimum absolute atomic E-state index is 0.285. The van der Waals surface area contributed by atoms with E-state index >= 15 is 0 Å². The molecule has 2 atom stereocenters. The van der Waals surface area contributed by atoms with E-state index in [1.54, 1.807) is 0 Å². The molecule has 1 rings (SSSR count). The Bertz CT molecular complexity index is 248. The van der Waals surface area contributed by atoms with E-state index < -0.39 is 5.97 Å². The van der Waals surface area contributed by atoms with Gasteiger partial charge in [0.1, 0.15) is 6.10 Å². The molecule has 3 nitrogen and oxygen atoms in total. The van der Waals surface area contributed by atoms with E-state index in [4.69, 9.17) is 9.84 Å². The summed E-state index contributed by atoms with van der Waals surface area (Å²) >= 11 is 0. The minimum Gasteiger partial charge on any atom is -0.481 e. The highest BCUT2D eigenvalue weighted by molar-refractivity contribution is 5.66. The van der Waals surface area contributed by atoms with Gasteiger partial charge in [0.15, 0.2) is 0 Å². The highest BCUT2D eigenvalue weighted by Crippen LogP contribution is 2.28. The van der Waals surface area contributed by atoms with E-state index in [2.05, 4.69) is 19.1 Å². The van der Waals surface area contributed by atoms with Crippen LogP contribution in [0.3, 0.4) is 0 Å². The Hall–Kier alpha value is -0.830. The molecule has 1 fully saturated rings. The second-order valence-corrected chi connectivity index (χ2v) is 4.70. The molecule has 17 heavy (non-hydrogen) atoms. The standard InChI is InChI=1S/C14H24O3/c1-2-3-6-9-12-13(17-12)10-7-4-5-8-11-14(15)16/h7,10,12-13H,2-6,8-9,11H2,1H3,(H,15,16). The van der Waals surface area contributed by atoms with Crippen LogP contribution in [0, 0.1) is 0 Å². The van der Waals surface area contributed by atoms with E-state index in [0.717, 1.165) is 19.3 Å². The number of allylic oxidation sites excluding steroid dienone is 1. The number of hydrogen-bond acceptors (Lipinski definition) is 2. The fourth-order valence-electron chi connectivity index (χ4n) is 1.92. The maximum atomic E-state index is 10.3. The number of aliphatic carboxylic acids is 1. The quantitative estimate of drug-likeness (QED) is 0.361. The monoisotopic (exact) mass is 240 g/mol. The zero-order valence-electron chi connectivity index (χ0n) is 10.7. The van der Waals surface area contributed by atoms with Crippen molar-refractivity contribution in [2.45, 2.75) is 70.5 Å². The van der Waals surface area contributed by atoms with Gasteiger partial charge < -0.3 is 9.84 Å². The van der Waals surface area contributed by atoms with Crippen molar-refractivity contribution in [2.24, 2.45) is 0 Å². The number of carboxylic acids is 1. The van der Waals surface area contributed by atoms with Crippen LogP contribution in [0.5, 0.6) is 0 Å². The summed E-state index contributed by atoms with van der Waals surface area (Å²) < 4.78 is 5.53. The Morgan fingerprint density at radius 3 is 2.82 bits per heavy atom. The molecule has 1 N–H and O–H groups in total. The molecule has 3 heteroatoms. The zero-order valence-corrected chi connectivity index (χ0v) is 10.7. The molecular weight excluding hydrogens is 216 g/mol. The number of rotatable bonds is 10. The number of epoxide rings is 1. The lowest BCUT2D eigenvalue weighted by atomic mass is 10.1. The van der Waals surface area contributed by atoms with Crippen LogP contribution in [0.25, 0.3) is 0 Å². The fraction of sp³-hybridized carbons (Fsp3) is 0.786. The highest BCUT2D eigenvalue weighted by Gasteiger charge is 2.35. The van der Waals surface area contributed by atoms with Gasteiger partial charge in [0, 0.05) is 6.42 Å². The molecule has 0 aromatic heterocycles. The summed E-state index contributed by atoms with van der Waals surface area (Å²) in [7, 11) is 0.